The Morgan fingerprint density at radius 2 is 2.15 bits per heavy atom. The zero-order valence-corrected chi connectivity index (χ0v) is 11.0. The van der Waals surface area contributed by atoms with E-state index < -0.39 is 18.7 Å². The molecule has 0 fully saturated rings. The summed E-state index contributed by atoms with van der Waals surface area (Å²) in [4.78, 5) is 11.8. The standard InChI is InChI=1S/C13H17F3N2O2/c1-9(10-3-2-4-11(17)7-10)12(19)18-5-6-20-8-13(14,15)16/h2-4,7,9H,5-6,8,17H2,1H3,(H,18,19). The van der Waals surface area contributed by atoms with Crippen molar-refractivity contribution in [2.75, 3.05) is 25.5 Å². The third-order valence-corrected chi connectivity index (χ3v) is 2.62. The molecule has 1 aromatic rings. The first kappa shape index (κ1) is 16.3. The highest BCUT2D eigenvalue weighted by molar-refractivity contribution is 5.83. The van der Waals surface area contributed by atoms with Crippen LogP contribution in [0.15, 0.2) is 24.3 Å². The summed E-state index contributed by atoms with van der Waals surface area (Å²) in [5.74, 6) is -0.715. The topological polar surface area (TPSA) is 64.3 Å². The van der Waals surface area contributed by atoms with Crippen LogP contribution in [0.3, 0.4) is 0 Å². The van der Waals surface area contributed by atoms with E-state index in [1.807, 2.05) is 0 Å². The summed E-state index contributed by atoms with van der Waals surface area (Å²) in [7, 11) is 0. The smallest absolute Gasteiger partial charge is 0.399 e. The minimum absolute atomic E-state index is 0.0293. The Balaban J connectivity index is 2.32. The Morgan fingerprint density at radius 1 is 1.45 bits per heavy atom. The highest BCUT2D eigenvalue weighted by Gasteiger charge is 2.27. The van der Waals surface area contributed by atoms with Crippen LogP contribution in [0.1, 0.15) is 18.4 Å². The van der Waals surface area contributed by atoms with Crippen molar-refractivity contribution in [2.24, 2.45) is 0 Å². The number of benzene rings is 1. The Kier molecular flexibility index (Phi) is 5.82. The molecule has 0 saturated carbocycles. The van der Waals surface area contributed by atoms with Gasteiger partial charge in [0, 0.05) is 12.2 Å². The summed E-state index contributed by atoms with van der Waals surface area (Å²) < 4.78 is 39.8. The molecule has 0 aliphatic heterocycles. The number of ether oxygens (including phenoxy) is 1. The molecule has 0 bridgehead atoms. The van der Waals surface area contributed by atoms with E-state index in [2.05, 4.69) is 10.1 Å². The molecule has 1 atom stereocenters. The van der Waals surface area contributed by atoms with E-state index in [1.54, 1.807) is 31.2 Å². The summed E-state index contributed by atoms with van der Waals surface area (Å²) in [6.45, 7) is 0.227. The third-order valence-electron chi connectivity index (χ3n) is 2.62. The summed E-state index contributed by atoms with van der Waals surface area (Å²) in [5.41, 5.74) is 6.92. The number of hydrogen-bond donors (Lipinski definition) is 2. The number of nitrogens with one attached hydrogen (secondary N) is 1. The van der Waals surface area contributed by atoms with Gasteiger partial charge in [-0.2, -0.15) is 13.2 Å². The second kappa shape index (κ2) is 7.14. The molecule has 0 aromatic heterocycles. The van der Waals surface area contributed by atoms with Crippen molar-refractivity contribution in [1.82, 2.24) is 5.32 Å². The lowest BCUT2D eigenvalue weighted by Gasteiger charge is -2.13. The molecule has 1 rings (SSSR count). The summed E-state index contributed by atoms with van der Waals surface area (Å²) in [6.07, 6.45) is -4.35. The lowest BCUT2D eigenvalue weighted by molar-refractivity contribution is -0.173. The minimum atomic E-state index is -4.35. The minimum Gasteiger partial charge on any atom is -0.399 e. The number of amides is 1. The van der Waals surface area contributed by atoms with E-state index in [-0.39, 0.29) is 19.1 Å². The SMILES string of the molecule is CC(C(=O)NCCOCC(F)(F)F)c1cccc(N)c1. The molecule has 1 amide bonds. The summed E-state index contributed by atoms with van der Waals surface area (Å²) in [5, 5.41) is 2.51. The Labute approximate surface area is 115 Å². The zero-order chi connectivity index (χ0) is 15.2. The van der Waals surface area contributed by atoms with E-state index in [9.17, 15) is 18.0 Å². The Bertz CT molecular complexity index is 449. The predicted molar refractivity (Wildman–Crippen MR) is 69.2 cm³/mol. The largest absolute Gasteiger partial charge is 0.411 e. The van der Waals surface area contributed by atoms with Gasteiger partial charge in [-0.1, -0.05) is 12.1 Å². The van der Waals surface area contributed by atoms with Gasteiger partial charge in [0.1, 0.15) is 6.61 Å². The average Bonchev–Trinajstić information content (AvgIpc) is 2.36. The van der Waals surface area contributed by atoms with Gasteiger partial charge in [0.05, 0.1) is 12.5 Å². The Morgan fingerprint density at radius 3 is 2.75 bits per heavy atom. The summed E-state index contributed by atoms with van der Waals surface area (Å²) >= 11 is 0. The molecule has 0 saturated heterocycles. The first-order valence-electron chi connectivity index (χ1n) is 6.07. The second-order valence-corrected chi connectivity index (χ2v) is 4.35. The van der Waals surface area contributed by atoms with Crippen LogP contribution in [0.25, 0.3) is 0 Å². The van der Waals surface area contributed by atoms with Gasteiger partial charge in [-0.05, 0) is 24.6 Å². The van der Waals surface area contributed by atoms with E-state index in [4.69, 9.17) is 5.73 Å². The third kappa shape index (κ3) is 5.92. The molecule has 0 heterocycles. The van der Waals surface area contributed by atoms with Crippen LogP contribution in [0.4, 0.5) is 18.9 Å². The Hall–Kier alpha value is -1.76. The quantitative estimate of drug-likeness (QED) is 0.622. The van der Waals surface area contributed by atoms with Gasteiger partial charge in [-0.25, -0.2) is 0 Å². The molecule has 7 heteroatoms. The van der Waals surface area contributed by atoms with Crippen LogP contribution in [0, 0.1) is 0 Å². The van der Waals surface area contributed by atoms with Crippen LogP contribution in [0.2, 0.25) is 0 Å². The van der Waals surface area contributed by atoms with Crippen molar-refractivity contribution >= 4 is 11.6 Å². The molecule has 0 radical (unpaired) electrons. The van der Waals surface area contributed by atoms with Gasteiger partial charge < -0.3 is 15.8 Å². The molecule has 0 spiro atoms. The highest BCUT2D eigenvalue weighted by atomic mass is 19.4. The van der Waals surface area contributed by atoms with Gasteiger partial charge in [0.15, 0.2) is 0 Å². The number of carbonyl (C=O) groups excluding carboxylic acids is 1. The average molecular weight is 290 g/mol. The van der Waals surface area contributed by atoms with Gasteiger partial charge in [-0.15, -0.1) is 0 Å². The van der Waals surface area contributed by atoms with Gasteiger partial charge in [-0.3, -0.25) is 4.79 Å². The number of nitrogens with two attached hydrogens (primary N) is 1. The molecule has 112 valence electrons. The van der Waals surface area contributed by atoms with Crippen LogP contribution in [0.5, 0.6) is 0 Å². The predicted octanol–water partition coefficient (Wildman–Crippen LogP) is 2.07. The maximum absolute atomic E-state index is 11.8. The first-order chi connectivity index (χ1) is 9.29. The lowest BCUT2D eigenvalue weighted by atomic mass is 10.00. The molecule has 4 nitrogen and oxygen atoms in total. The van der Waals surface area contributed by atoms with Gasteiger partial charge >= 0.3 is 6.18 Å². The number of halogens is 3. The van der Waals surface area contributed by atoms with Crippen molar-refractivity contribution in [2.45, 2.75) is 19.0 Å². The van der Waals surface area contributed by atoms with Gasteiger partial charge in [0.25, 0.3) is 0 Å². The van der Waals surface area contributed by atoms with Crippen LogP contribution in [-0.4, -0.2) is 31.8 Å². The van der Waals surface area contributed by atoms with Crippen molar-refractivity contribution in [1.29, 1.82) is 0 Å². The molecule has 1 aromatic carbocycles. The number of carbonyl (C=O) groups is 1. The number of nitrogen functional groups attached to an aromatic ring is 1. The maximum Gasteiger partial charge on any atom is 0.411 e. The molecule has 20 heavy (non-hydrogen) atoms. The molecular formula is C13H17F3N2O2. The number of hydrogen-bond acceptors (Lipinski definition) is 3. The van der Waals surface area contributed by atoms with Crippen molar-refractivity contribution in [3.63, 3.8) is 0 Å². The van der Waals surface area contributed by atoms with Crippen LogP contribution >= 0.6 is 0 Å². The summed E-state index contributed by atoms with van der Waals surface area (Å²) in [6, 6.07) is 6.89. The molecule has 3 N–H and O–H groups in total. The van der Waals surface area contributed by atoms with Gasteiger partial charge in [0.2, 0.25) is 5.91 Å². The first-order valence-corrected chi connectivity index (χ1v) is 6.07. The number of rotatable bonds is 6. The maximum atomic E-state index is 11.8. The van der Waals surface area contributed by atoms with Crippen molar-refractivity contribution in [3.05, 3.63) is 29.8 Å². The fourth-order valence-electron chi connectivity index (χ4n) is 1.57. The second-order valence-electron chi connectivity index (χ2n) is 4.35. The fraction of sp³-hybridized carbons (Fsp3) is 0.462. The highest BCUT2D eigenvalue weighted by Crippen LogP contribution is 2.17. The number of anilines is 1. The lowest BCUT2D eigenvalue weighted by Crippen LogP contribution is -2.32. The monoisotopic (exact) mass is 290 g/mol. The van der Waals surface area contributed by atoms with Crippen LogP contribution in [-0.2, 0) is 9.53 Å². The molecule has 0 aliphatic rings. The zero-order valence-electron chi connectivity index (χ0n) is 11.0. The van der Waals surface area contributed by atoms with Crippen LogP contribution < -0.4 is 11.1 Å². The molecule has 1 unspecified atom stereocenters. The molecular weight excluding hydrogens is 273 g/mol. The normalized spacial score (nSPS) is 13.0. The van der Waals surface area contributed by atoms with Crippen molar-refractivity contribution < 1.29 is 22.7 Å². The van der Waals surface area contributed by atoms with E-state index in [0.29, 0.717) is 5.69 Å². The van der Waals surface area contributed by atoms with E-state index >= 15 is 0 Å². The van der Waals surface area contributed by atoms with E-state index in [0.717, 1.165) is 5.56 Å². The molecule has 0 aliphatic carbocycles. The number of alkyl halides is 3. The fourth-order valence-corrected chi connectivity index (χ4v) is 1.57. The van der Waals surface area contributed by atoms with E-state index in [1.165, 1.54) is 0 Å². The van der Waals surface area contributed by atoms with Crippen molar-refractivity contribution in [3.8, 4) is 0 Å².